The van der Waals surface area contributed by atoms with Crippen molar-refractivity contribution in [3.8, 4) is 5.75 Å². The third kappa shape index (κ3) is 4.35. The van der Waals surface area contributed by atoms with Gasteiger partial charge in [-0.05, 0) is 25.1 Å². The number of rotatable bonds is 5. The Morgan fingerprint density at radius 3 is 3.16 bits per heavy atom. The van der Waals surface area contributed by atoms with Gasteiger partial charge in [0.25, 0.3) is 0 Å². The maximum Gasteiger partial charge on any atom is 0.120 e. The molecule has 1 aromatic rings. The van der Waals surface area contributed by atoms with E-state index in [1.807, 2.05) is 25.1 Å². The van der Waals surface area contributed by atoms with Crippen LogP contribution in [0.4, 0.5) is 0 Å². The average Bonchev–Trinajstić information content (AvgIpc) is 2.45. The Morgan fingerprint density at radius 1 is 1.58 bits per heavy atom. The summed E-state index contributed by atoms with van der Waals surface area (Å²) in [7, 11) is 0. The fourth-order valence-electron chi connectivity index (χ4n) is 2.10. The van der Waals surface area contributed by atoms with Crippen LogP contribution in [0.15, 0.2) is 24.3 Å². The molecule has 1 N–H and O–H groups in total. The third-order valence-electron chi connectivity index (χ3n) is 3.29. The van der Waals surface area contributed by atoms with Gasteiger partial charge in [-0.15, -0.1) is 0 Å². The zero-order valence-electron chi connectivity index (χ0n) is 11.1. The minimum absolute atomic E-state index is 0.0294. The van der Waals surface area contributed by atoms with Crippen molar-refractivity contribution in [2.75, 3.05) is 32.9 Å². The van der Waals surface area contributed by atoms with Crippen LogP contribution in [0.3, 0.4) is 0 Å². The fourth-order valence-corrected chi connectivity index (χ4v) is 2.29. The molecule has 2 atom stereocenters. The summed E-state index contributed by atoms with van der Waals surface area (Å²) in [5, 5.41) is 9.85. The van der Waals surface area contributed by atoms with Crippen molar-refractivity contribution in [1.29, 1.82) is 0 Å². The van der Waals surface area contributed by atoms with Crippen LogP contribution in [-0.2, 0) is 4.74 Å². The lowest BCUT2D eigenvalue weighted by atomic mass is 10.2. The molecule has 1 saturated heterocycles. The van der Waals surface area contributed by atoms with E-state index < -0.39 is 0 Å². The predicted octanol–water partition coefficient (Wildman–Crippen LogP) is 1.80. The molecule has 1 heterocycles. The highest BCUT2D eigenvalue weighted by Gasteiger charge is 2.24. The number of morpholine rings is 1. The lowest BCUT2D eigenvalue weighted by Crippen LogP contribution is -2.49. The summed E-state index contributed by atoms with van der Waals surface area (Å²) in [4.78, 5) is 2.22. The van der Waals surface area contributed by atoms with Crippen molar-refractivity contribution in [3.63, 3.8) is 0 Å². The van der Waals surface area contributed by atoms with Gasteiger partial charge in [-0.1, -0.05) is 17.7 Å². The molecule has 2 rings (SSSR count). The third-order valence-corrected chi connectivity index (χ3v) is 3.52. The van der Waals surface area contributed by atoms with E-state index in [-0.39, 0.29) is 18.8 Å². The zero-order chi connectivity index (χ0) is 13.7. The van der Waals surface area contributed by atoms with Gasteiger partial charge in [-0.2, -0.15) is 0 Å². The van der Waals surface area contributed by atoms with Crippen molar-refractivity contribution in [2.45, 2.75) is 19.1 Å². The van der Waals surface area contributed by atoms with Crippen molar-refractivity contribution in [2.24, 2.45) is 0 Å². The lowest BCUT2D eigenvalue weighted by Gasteiger charge is -2.35. The van der Waals surface area contributed by atoms with Crippen LogP contribution in [-0.4, -0.2) is 55.1 Å². The summed E-state index contributed by atoms with van der Waals surface area (Å²) in [6.07, 6.45) is 0.0294. The largest absolute Gasteiger partial charge is 0.491 e. The summed E-state index contributed by atoms with van der Waals surface area (Å²) in [6.45, 7) is 4.99. The molecular formula is C14H20ClNO3. The summed E-state index contributed by atoms with van der Waals surface area (Å²) >= 11 is 5.90. The van der Waals surface area contributed by atoms with Crippen LogP contribution in [0.2, 0.25) is 5.02 Å². The fraction of sp³-hybridized carbons (Fsp3) is 0.571. The van der Waals surface area contributed by atoms with Crippen molar-refractivity contribution in [3.05, 3.63) is 29.3 Å². The second kappa shape index (κ2) is 7.10. The average molecular weight is 286 g/mol. The van der Waals surface area contributed by atoms with Crippen molar-refractivity contribution in [1.82, 2.24) is 4.90 Å². The van der Waals surface area contributed by atoms with Crippen LogP contribution in [0.5, 0.6) is 5.75 Å². The summed E-state index contributed by atoms with van der Waals surface area (Å²) < 4.78 is 11.4. The Balaban J connectivity index is 1.82. The molecule has 1 aliphatic rings. The zero-order valence-corrected chi connectivity index (χ0v) is 11.8. The summed E-state index contributed by atoms with van der Waals surface area (Å²) in [6, 6.07) is 7.51. The smallest absolute Gasteiger partial charge is 0.120 e. The maximum absolute atomic E-state index is 9.18. The van der Waals surface area contributed by atoms with Crippen LogP contribution < -0.4 is 4.74 Å². The van der Waals surface area contributed by atoms with Crippen molar-refractivity contribution < 1.29 is 14.6 Å². The highest BCUT2D eigenvalue weighted by atomic mass is 35.5. The van der Waals surface area contributed by atoms with E-state index >= 15 is 0 Å². The minimum atomic E-state index is 0.0294. The molecule has 0 saturated carbocycles. The molecule has 5 heteroatoms. The molecule has 0 bridgehead atoms. The van der Waals surface area contributed by atoms with E-state index in [4.69, 9.17) is 21.1 Å². The van der Waals surface area contributed by atoms with E-state index in [0.29, 0.717) is 18.2 Å². The molecule has 1 fully saturated rings. The molecule has 0 spiro atoms. The van der Waals surface area contributed by atoms with Gasteiger partial charge < -0.3 is 14.6 Å². The molecule has 1 aliphatic heterocycles. The molecular weight excluding hydrogens is 266 g/mol. The van der Waals surface area contributed by atoms with Gasteiger partial charge in [-0.25, -0.2) is 0 Å². The predicted molar refractivity (Wildman–Crippen MR) is 74.8 cm³/mol. The first-order valence-corrected chi connectivity index (χ1v) is 6.91. The van der Waals surface area contributed by atoms with E-state index in [1.165, 1.54) is 0 Å². The second-order valence-electron chi connectivity index (χ2n) is 4.79. The van der Waals surface area contributed by atoms with E-state index in [0.717, 1.165) is 18.8 Å². The molecule has 1 aromatic carbocycles. The first-order valence-electron chi connectivity index (χ1n) is 6.54. The highest BCUT2D eigenvalue weighted by Crippen LogP contribution is 2.18. The standard InChI is InChI=1S/C14H20ClNO3/c1-11(9-17)16-5-6-18-14(8-16)10-19-13-4-2-3-12(15)7-13/h2-4,7,11,14,17H,5-6,8-10H2,1H3. The Morgan fingerprint density at radius 2 is 2.42 bits per heavy atom. The SMILES string of the molecule is CC(CO)N1CCOC(COc2cccc(Cl)c2)C1. The molecule has 19 heavy (non-hydrogen) atoms. The maximum atomic E-state index is 9.18. The van der Waals surface area contributed by atoms with Gasteiger partial charge in [0.1, 0.15) is 18.5 Å². The number of halogens is 1. The topological polar surface area (TPSA) is 41.9 Å². The quantitative estimate of drug-likeness (QED) is 0.896. The van der Waals surface area contributed by atoms with Gasteiger partial charge in [-0.3, -0.25) is 4.90 Å². The lowest BCUT2D eigenvalue weighted by molar-refractivity contribution is -0.0637. The number of hydrogen-bond donors (Lipinski definition) is 1. The summed E-state index contributed by atoms with van der Waals surface area (Å²) in [5.74, 6) is 0.753. The van der Waals surface area contributed by atoms with E-state index in [9.17, 15) is 5.11 Å². The molecule has 0 aromatic heterocycles. The van der Waals surface area contributed by atoms with Gasteiger partial charge in [0, 0.05) is 24.2 Å². The molecule has 0 radical (unpaired) electrons. The normalized spacial score (nSPS) is 22.2. The Kier molecular flexibility index (Phi) is 5.45. The first-order chi connectivity index (χ1) is 9.19. The molecule has 0 amide bonds. The van der Waals surface area contributed by atoms with Crippen LogP contribution in [0.1, 0.15) is 6.92 Å². The van der Waals surface area contributed by atoms with E-state index in [2.05, 4.69) is 4.90 Å². The monoisotopic (exact) mass is 285 g/mol. The Bertz CT molecular complexity index is 402. The highest BCUT2D eigenvalue weighted by molar-refractivity contribution is 6.30. The first kappa shape index (κ1) is 14.6. The molecule has 4 nitrogen and oxygen atoms in total. The number of benzene rings is 1. The van der Waals surface area contributed by atoms with Gasteiger partial charge in [0.15, 0.2) is 0 Å². The number of aliphatic hydroxyl groups is 1. The van der Waals surface area contributed by atoms with Crippen molar-refractivity contribution >= 4 is 11.6 Å². The number of nitrogens with zero attached hydrogens (tertiary/aromatic N) is 1. The molecule has 106 valence electrons. The van der Waals surface area contributed by atoms with Crippen LogP contribution >= 0.6 is 11.6 Å². The van der Waals surface area contributed by atoms with Gasteiger partial charge in [0.05, 0.1) is 13.2 Å². The van der Waals surface area contributed by atoms with Crippen LogP contribution in [0.25, 0.3) is 0 Å². The molecule has 0 aliphatic carbocycles. The number of ether oxygens (including phenoxy) is 2. The number of aliphatic hydroxyl groups excluding tert-OH is 1. The van der Waals surface area contributed by atoms with Crippen LogP contribution in [0, 0.1) is 0 Å². The Hall–Kier alpha value is -0.810. The second-order valence-corrected chi connectivity index (χ2v) is 5.22. The summed E-state index contributed by atoms with van der Waals surface area (Å²) in [5.41, 5.74) is 0. The molecule has 2 unspecified atom stereocenters. The van der Waals surface area contributed by atoms with Gasteiger partial charge in [0.2, 0.25) is 0 Å². The van der Waals surface area contributed by atoms with E-state index in [1.54, 1.807) is 6.07 Å². The Labute approximate surface area is 118 Å². The van der Waals surface area contributed by atoms with Gasteiger partial charge >= 0.3 is 0 Å². The minimum Gasteiger partial charge on any atom is -0.491 e. The number of hydrogen-bond acceptors (Lipinski definition) is 4.